The molecule has 1 unspecified atom stereocenters. The van der Waals surface area contributed by atoms with Crippen LogP contribution in [-0.2, 0) is 4.74 Å². The number of nitrogens with zero attached hydrogens (tertiary/aromatic N) is 3. The fourth-order valence-electron chi connectivity index (χ4n) is 4.37. The van der Waals surface area contributed by atoms with E-state index in [-0.39, 0.29) is 11.9 Å². The Morgan fingerprint density at radius 2 is 1.88 bits per heavy atom. The van der Waals surface area contributed by atoms with Crippen LogP contribution in [0.2, 0.25) is 0 Å². The Bertz CT molecular complexity index is 1160. The molecule has 1 aromatic carbocycles. The summed E-state index contributed by atoms with van der Waals surface area (Å²) in [6, 6.07) is 5.90. The highest BCUT2D eigenvalue weighted by Crippen LogP contribution is 2.33. The molecule has 1 aliphatic rings. The van der Waals surface area contributed by atoms with Crippen LogP contribution >= 0.6 is 11.3 Å². The van der Waals surface area contributed by atoms with Crippen molar-refractivity contribution in [1.82, 2.24) is 20.2 Å². The second-order valence-electron chi connectivity index (χ2n) is 8.08. The van der Waals surface area contributed by atoms with Gasteiger partial charge in [0, 0.05) is 30.7 Å². The van der Waals surface area contributed by atoms with E-state index in [4.69, 9.17) is 14.2 Å². The number of methoxy groups -OCH3 is 2. The van der Waals surface area contributed by atoms with Crippen molar-refractivity contribution in [3.05, 3.63) is 45.7 Å². The maximum Gasteiger partial charge on any atom is 0.261 e. The van der Waals surface area contributed by atoms with Gasteiger partial charge in [-0.05, 0) is 44.0 Å². The molecule has 1 fully saturated rings. The summed E-state index contributed by atoms with van der Waals surface area (Å²) >= 11 is 1.42. The number of hydrogen-bond acceptors (Lipinski definition) is 8. The molecule has 0 spiro atoms. The zero-order valence-corrected chi connectivity index (χ0v) is 20.5. The molecular formula is C24H30N4O4S. The standard InChI is InChI=1S/C24H30N4O4S/c1-14-21-15(2)26-16(3)27-24(21)33-22(14)23(29)25-13-18(28-8-10-32-11-9-28)17-6-7-19(30-4)20(12-17)31-5/h6-7,12,18H,8-11,13H2,1-5H3,(H,25,29). The van der Waals surface area contributed by atoms with E-state index in [1.54, 1.807) is 14.2 Å². The average molecular weight is 471 g/mol. The summed E-state index contributed by atoms with van der Waals surface area (Å²) in [6.07, 6.45) is 0. The summed E-state index contributed by atoms with van der Waals surface area (Å²) in [5.74, 6) is 1.98. The Morgan fingerprint density at radius 3 is 2.58 bits per heavy atom. The zero-order chi connectivity index (χ0) is 23.5. The molecule has 1 N–H and O–H groups in total. The Hall–Kier alpha value is -2.75. The second-order valence-corrected chi connectivity index (χ2v) is 9.08. The number of fused-ring (bicyclic) bond motifs is 1. The molecule has 3 heterocycles. The smallest absolute Gasteiger partial charge is 0.261 e. The molecule has 4 rings (SSSR count). The summed E-state index contributed by atoms with van der Waals surface area (Å²) < 4.78 is 16.5. The van der Waals surface area contributed by atoms with Crippen LogP contribution in [0.15, 0.2) is 18.2 Å². The van der Waals surface area contributed by atoms with Crippen molar-refractivity contribution in [3.8, 4) is 11.5 Å². The Kier molecular flexibility index (Phi) is 7.11. The SMILES string of the molecule is COc1ccc(C(CNC(=O)c2sc3nc(C)nc(C)c3c2C)N2CCOCC2)cc1OC. The van der Waals surface area contributed by atoms with Crippen LogP contribution in [0.1, 0.15) is 38.4 Å². The molecule has 1 saturated heterocycles. The van der Waals surface area contributed by atoms with Crippen LogP contribution in [0, 0.1) is 20.8 Å². The molecule has 176 valence electrons. The predicted octanol–water partition coefficient (Wildman–Crippen LogP) is 3.44. The van der Waals surface area contributed by atoms with Gasteiger partial charge in [0.1, 0.15) is 10.7 Å². The highest BCUT2D eigenvalue weighted by atomic mass is 32.1. The minimum absolute atomic E-state index is 0.0175. The number of ether oxygens (including phenoxy) is 3. The second kappa shape index (κ2) is 10.0. The summed E-state index contributed by atoms with van der Waals surface area (Å²) in [6.45, 7) is 9.20. The van der Waals surface area contributed by atoms with Gasteiger partial charge >= 0.3 is 0 Å². The van der Waals surface area contributed by atoms with E-state index >= 15 is 0 Å². The number of thiophene rings is 1. The van der Waals surface area contributed by atoms with Crippen LogP contribution in [-0.4, -0.2) is 67.8 Å². The van der Waals surface area contributed by atoms with Crippen molar-refractivity contribution >= 4 is 27.5 Å². The van der Waals surface area contributed by atoms with E-state index in [0.717, 1.165) is 40.1 Å². The predicted molar refractivity (Wildman–Crippen MR) is 129 cm³/mol. The third-order valence-corrected chi connectivity index (χ3v) is 7.21. The van der Waals surface area contributed by atoms with Gasteiger partial charge in [0.05, 0.1) is 38.4 Å². The fourth-order valence-corrected chi connectivity index (χ4v) is 5.56. The van der Waals surface area contributed by atoms with E-state index in [2.05, 4.69) is 20.2 Å². The number of rotatable bonds is 7. The Morgan fingerprint density at radius 1 is 1.15 bits per heavy atom. The van der Waals surface area contributed by atoms with Gasteiger partial charge in [0.25, 0.3) is 5.91 Å². The number of aryl methyl sites for hydroxylation is 3. The van der Waals surface area contributed by atoms with Crippen LogP contribution < -0.4 is 14.8 Å². The molecule has 3 aromatic rings. The van der Waals surface area contributed by atoms with Crippen LogP contribution in [0.25, 0.3) is 10.2 Å². The molecular weight excluding hydrogens is 440 g/mol. The lowest BCUT2D eigenvalue weighted by molar-refractivity contribution is 0.0162. The summed E-state index contributed by atoms with van der Waals surface area (Å²) in [5.41, 5.74) is 2.89. The lowest BCUT2D eigenvalue weighted by atomic mass is 10.0. The van der Waals surface area contributed by atoms with Gasteiger partial charge in [-0.2, -0.15) is 0 Å². The maximum absolute atomic E-state index is 13.2. The highest BCUT2D eigenvalue weighted by molar-refractivity contribution is 7.20. The monoisotopic (exact) mass is 470 g/mol. The zero-order valence-electron chi connectivity index (χ0n) is 19.7. The number of carbonyl (C=O) groups excluding carboxylic acids is 1. The first-order valence-corrected chi connectivity index (χ1v) is 11.8. The molecule has 1 atom stereocenters. The third kappa shape index (κ3) is 4.80. The van der Waals surface area contributed by atoms with Crippen molar-refractivity contribution in [2.24, 2.45) is 0 Å². The van der Waals surface area contributed by atoms with Gasteiger partial charge in [-0.15, -0.1) is 11.3 Å². The van der Waals surface area contributed by atoms with Crippen molar-refractivity contribution < 1.29 is 19.0 Å². The minimum atomic E-state index is -0.0914. The first-order chi connectivity index (χ1) is 15.9. The number of morpholine rings is 1. The molecule has 0 aliphatic carbocycles. The summed E-state index contributed by atoms with van der Waals surface area (Å²) in [7, 11) is 3.25. The molecule has 0 saturated carbocycles. The topological polar surface area (TPSA) is 85.8 Å². The van der Waals surface area contributed by atoms with E-state index in [1.807, 2.05) is 39.0 Å². The van der Waals surface area contributed by atoms with Gasteiger partial charge in [0.2, 0.25) is 0 Å². The third-order valence-electron chi connectivity index (χ3n) is 6.02. The van der Waals surface area contributed by atoms with Crippen molar-refractivity contribution in [3.63, 3.8) is 0 Å². The van der Waals surface area contributed by atoms with E-state index in [0.29, 0.717) is 42.0 Å². The van der Waals surface area contributed by atoms with Gasteiger partial charge in [0.15, 0.2) is 11.5 Å². The molecule has 8 nitrogen and oxygen atoms in total. The van der Waals surface area contributed by atoms with Gasteiger partial charge in [-0.3, -0.25) is 9.69 Å². The van der Waals surface area contributed by atoms with Crippen molar-refractivity contribution in [1.29, 1.82) is 0 Å². The Labute approximate surface area is 197 Å². The van der Waals surface area contributed by atoms with E-state index in [9.17, 15) is 4.79 Å². The van der Waals surface area contributed by atoms with Crippen molar-refractivity contribution in [2.45, 2.75) is 26.8 Å². The number of carbonyl (C=O) groups is 1. The van der Waals surface area contributed by atoms with Gasteiger partial charge in [-0.1, -0.05) is 6.07 Å². The number of hydrogen-bond donors (Lipinski definition) is 1. The van der Waals surface area contributed by atoms with Crippen molar-refractivity contribution in [2.75, 3.05) is 47.1 Å². The molecule has 9 heteroatoms. The molecule has 33 heavy (non-hydrogen) atoms. The summed E-state index contributed by atoms with van der Waals surface area (Å²) in [4.78, 5) is 26.1. The van der Waals surface area contributed by atoms with Crippen LogP contribution in [0.3, 0.4) is 0 Å². The first kappa shape index (κ1) is 23.4. The fraction of sp³-hybridized carbons (Fsp3) is 0.458. The minimum Gasteiger partial charge on any atom is -0.493 e. The molecule has 0 radical (unpaired) electrons. The number of benzene rings is 1. The average Bonchev–Trinajstić information content (AvgIpc) is 3.15. The Balaban J connectivity index is 1.60. The number of nitrogens with one attached hydrogen (secondary N) is 1. The molecule has 2 aromatic heterocycles. The number of aromatic nitrogens is 2. The van der Waals surface area contributed by atoms with Gasteiger partial charge in [-0.25, -0.2) is 9.97 Å². The lowest BCUT2D eigenvalue weighted by Crippen LogP contribution is -2.43. The number of amides is 1. The highest BCUT2D eigenvalue weighted by Gasteiger charge is 2.26. The normalized spacial score (nSPS) is 15.4. The first-order valence-electron chi connectivity index (χ1n) is 11.0. The quantitative estimate of drug-likeness (QED) is 0.566. The summed E-state index contributed by atoms with van der Waals surface area (Å²) in [5, 5.41) is 4.14. The molecule has 1 amide bonds. The lowest BCUT2D eigenvalue weighted by Gasteiger charge is -2.35. The van der Waals surface area contributed by atoms with E-state index in [1.165, 1.54) is 11.3 Å². The van der Waals surface area contributed by atoms with E-state index < -0.39 is 0 Å². The maximum atomic E-state index is 13.2. The van der Waals surface area contributed by atoms with Gasteiger partial charge < -0.3 is 19.5 Å². The molecule has 0 bridgehead atoms. The molecule has 1 aliphatic heterocycles. The van der Waals surface area contributed by atoms with Crippen LogP contribution in [0.4, 0.5) is 0 Å². The van der Waals surface area contributed by atoms with Crippen LogP contribution in [0.5, 0.6) is 11.5 Å². The largest absolute Gasteiger partial charge is 0.493 e.